The minimum atomic E-state index is -1.31. The van der Waals surface area contributed by atoms with Gasteiger partial charge in [-0.05, 0) is 31.2 Å². The molecule has 0 saturated heterocycles. The number of carboxylic acid groups (broad SMARTS) is 1. The van der Waals surface area contributed by atoms with Crippen LogP contribution in [0.1, 0.15) is 12.5 Å². The fourth-order valence-electron chi connectivity index (χ4n) is 2.38. The van der Waals surface area contributed by atoms with Gasteiger partial charge in [-0.1, -0.05) is 24.3 Å². The fraction of sp³-hybridized carbons (Fsp3) is 0.211. The molecule has 0 aromatic heterocycles. The topological polar surface area (TPSA) is 109 Å². The lowest BCUT2D eigenvalue weighted by atomic mass is 10.1. The van der Waals surface area contributed by atoms with Crippen molar-refractivity contribution in [1.29, 1.82) is 0 Å². The van der Waals surface area contributed by atoms with Gasteiger partial charge in [0.25, 0.3) is 5.91 Å². The Morgan fingerprint density at radius 3 is 2.78 bits per heavy atom. The maximum absolute atomic E-state index is 12.3. The number of carbonyl (C=O) groups excluding carboxylic acids is 2. The second-order valence-electron chi connectivity index (χ2n) is 5.73. The number of hydrazone groups is 1. The molecule has 0 spiro atoms. The molecule has 1 amide bonds. The van der Waals surface area contributed by atoms with E-state index in [-0.39, 0.29) is 6.61 Å². The lowest BCUT2D eigenvalue weighted by molar-refractivity contribution is -0.307. The van der Waals surface area contributed by atoms with Gasteiger partial charge >= 0.3 is 0 Å². The normalized spacial score (nSPS) is 15.7. The number of fused-ring (bicyclic) bond motifs is 1. The van der Waals surface area contributed by atoms with Crippen LogP contribution in [0.3, 0.4) is 0 Å². The molecule has 8 nitrogen and oxygen atoms in total. The van der Waals surface area contributed by atoms with E-state index < -0.39 is 24.6 Å². The standard InChI is InChI=1S/C19H18N2O6/c1-12(13-5-4-6-14(9-13)25-11-18(22)23)20-21-19(24)17-10-26-15-7-2-3-8-16(15)27-17/h2-9,17H,10-11H2,1H3,(H,21,24)(H,22,23)/p-1/b20-12-/t17-/m1/s1. The van der Waals surface area contributed by atoms with Crippen LogP contribution in [0.2, 0.25) is 0 Å². The molecule has 2 aromatic rings. The molecule has 2 aromatic carbocycles. The maximum atomic E-state index is 12.3. The minimum absolute atomic E-state index is 0.0873. The van der Waals surface area contributed by atoms with E-state index >= 15 is 0 Å². The van der Waals surface area contributed by atoms with Crippen LogP contribution < -0.4 is 24.7 Å². The van der Waals surface area contributed by atoms with Crippen LogP contribution in [0, 0.1) is 0 Å². The van der Waals surface area contributed by atoms with Crippen molar-refractivity contribution in [3.05, 3.63) is 54.1 Å². The Bertz CT molecular complexity index is 880. The summed E-state index contributed by atoms with van der Waals surface area (Å²) in [5.74, 6) is -0.294. The van der Waals surface area contributed by atoms with E-state index in [1.54, 1.807) is 49.4 Å². The Kier molecular flexibility index (Phi) is 5.55. The van der Waals surface area contributed by atoms with Crippen LogP contribution in [-0.2, 0) is 9.59 Å². The number of amides is 1. The van der Waals surface area contributed by atoms with Gasteiger partial charge in [0, 0.05) is 5.56 Å². The van der Waals surface area contributed by atoms with Gasteiger partial charge in [-0.2, -0.15) is 5.10 Å². The fourth-order valence-corrected chi connectivity index (χ4v) is 2.38. The van der Waals surface area contributed by atoms with E-state index in [1.807, 2.05) is 6.07 Å². The molecular weight excluding hydrogens is 352 g/mol. The van der Waals surface area contributed by atoms with Gasteiger partial charge in [0.15, 0.2) is 11.5 Å². The first-order valence-electron chi connectivity index (χ1n) is 8.18. The summed E-state index contributed by atoms with van der Waals surface area (Å²) in [5.41, 5.74) is 3.63. The molecule has 140 valence electrons. The third-order valence-corrected chi connectivity index (χ3v) is 3.74. The van der Waals surface area contributed by atoms with Crippen molar-refractivity contribution >= 4 is 17.6 Å². The number of nitrogens with zero attached hydrogens (tertiary/aromatic N) is 1. The first-order valence-corrected chi connectivity index (χ1v) is 8.18. The number of carbonyl (C=O) groups is 2. The van der Waals surface area contributed by atoms with Crippen molar-refractivity contribution < 1.29 is 28.9 Å². The lowest BCUT2D eigenvalue weighted by Crippen LogP contribution is -2.42. The Labute approximate surface area is 155 Å². The van der Waals surface area contributed by atoms with Crippen LogP contribution in [0.5, 0.6) is 17.2 Å². The number of benzene rings is 2. The monoisotopic (exact) mass is 369 g/mol. The predicted octanol–water partition coefficient (Wildman–Crippen LogP) is 0.495. The SMILES string of the molecule is C/C(=N/NC(=O)[C@H]1COc2ccccc2O1)c1cccc(OCC(=O)[O-])c1. The summed E-state index contributed by atoms with van der Waals surface area (Å²) in [6, 6.07) is 13.8. The molecule has 1 aliphatic rings. The molecular formula is C19H17N2O6-. The number of aliphatic carboxylic acids is 1. The van der Waals surface area contributed by atoms with Crippen molar-refractivity contribution in [2.75, 3.05) is 13.2 Å². The summed E-state index contributed by atoms with van der Waals surface area (Å²) < 4.78 is 16.2. The van der Waals surface area contributed by atoms with Gasteiger partial charge in [0.05, 0.1) is 11.7 Å². The third kappa shape index (κ3) is 4.75. The molecule has 1 N–H and O–H groups in total. The lowest BCUT2D eigenvalue weighted by Gasteiger charge is -2.24. The van der Waals surface area contributed by atoms with Gasteiger partial charge in [-0.15, -0.1) is 0 Å². The molecule has 27 heavy (non-hydrogen) atoms. The summed E-state index contributed by atoms with van der Waals surface area (Å²) in [5, 5.41) is 14.5. The zero-order valence-corrected chi connectivity index (χ0v) is 14.5. The molecule has 1 heterocycles. The van der Waals surface area contributed by atoms with E-state index in [0.717, 1.165) is 0 Å². The highest BCUT2D eigenvalue weighted by Crippen LogP contribution is 2.30. The van der Waals surface area contributed by atoms with Crippen LogP contribution in [0.15, 0.2) is 53.6 Å². The quantitative estimate of drug-likeness (QED) is 0.586. The highest BCUT2D eigenvalue weighted by molar-refractivity contribution is 5.99. The first-order chi connectivity index (χ1) is 13.0. The van der Waals surface area contributed by atoms with E-state index in [9.17, 15) is 14.7 Å². The van der Waals surface area contributed by atoms with Crippen molar-refractivity contribution in [3.63, 3.8) is 0 Å². The highest BCUT2D eigenvalue weighted by atomic mass is 16.6. The minimum Gasteiger partial charge on any atom is -0.546 e. The van der Waals surface area contributed by atoms with Gasteiger partial charge in [-0.25, -0.2) is 5.43 Å². The smallest absolute Gasteiger partial charge is 0.284 e. The molecule has 0 radical (unpaired) electrons. The van der Waals surface area contributed by atoms with Gasteiger partial charge in [-0.3, -0.25) is 4.79 Å². The number of carboxylic acids is 1. The van der Waals surface area contributed by atoms with E-state index in [0.29, 0.717) is 28.5 Å². The second-order valence-corrected chi connectivity index (χ2v) is 5.73. The number of ether oxygens (including phenoxy) is 3. The summed E-state index contributed by atoms with van der Waals surface area (Å²) >= 11 is 0. The van der Waals surface area contributed by atoms with E-state index in [2.05, 4.69) is 10.5 Å². The number of hydrogen-bond donors (Lipinski definition) is 1. The van der Waals surface area contributed by atoms with Crippen LogP contribution >= 0.6 is 0 Å². The van der Waals surface area contributed by atoms with Gasteiger partial charge in [0.1, 0.15) is 19.0 Å². The number of hydrogen-bond acceptors (Lipinski definition) is 7. The summed E-state index contributed by atoms with van der Waals surface area (Å²) in [7, 11) is 0. The molecule has 3 rings (SSSR count). The Morgan fingerprint density at radius 2 is 2.00 bits per heavy atom. The average Bonchev–Trinajstić information content (AvgIpc) is 2.70. The van der Waals surface area contributed by atoms with E-state index in [1.165, 1.54) is 0 Å². The largest absolute Gasteiger partial charge is 0.546 e. The van der Waals surface area contributed by atoms with Gasteiger partial charge < -0.3 is 24.1 Å². The van der Waals surface area contributed by atoms with Crippen molar-refractivity contribution in [1.82, 2.24) is 5.43 Å². The number of nitrogens with one attached hydrogen (secondary N) is 1. The third-order valence-electron chi connectivity index (χ3n) is 3.74. The van der Waals surface area contributed by atoms with Crippen LogP contribution in [0.25, 0.3) is 0 Å². The van der Waals surface area contributed by atoms with Crippen LogP contribution in [0.4, 0.5) is 0 Å². The summed E-state index contributed by atoms with van der Waals surface area (Å²) in [4.78, 5) is 22.7. The maximum Gasteiger partial charge on any atom is 0.284 e. The Morgan fingerprint density at radius 1 is 1.22 bits per heavy atom. The second kappa shape index (κ2) is 8.22. The Hall–Kier alpha value is -3.55. The molecule has 0 unspecified atom stereocenters. The average molecular weight is 369 g/mol. The highest BCUT2D eigenvalue weighted by Gasteiger charge is 2.27. The van der Waals surface area contributed by atoms with Crippen molar-refractivity contribution in [3.8, 4) is 17.2 Å². The zero-order valence-electron chi connectivity index (χ0n) is 14.5. The van der Waals surface area contributed by atoms with Crippen LogP contribution in [-0.4, -0.2) is 36.9 Å². The predicted molar refractivity (Wildman–Crippen MR) is 93.7 cm³/mol. The van der Waals surface area contributed by atoms with Crippen molar-refractivity contribution in [2.24, 2.45) is 5.10 Å². The number of rotatable bonds is 6. The zero-order chi connectivity index (χ0) is 19.2. The molecule has 1 atom stereocenters. The van der Waals surface area contributed by atoms with Gasteiger partial charge in [0.2, 0.25) is 6.10 Å². The molecule has 0 fully saturated rings. The number of para-hydroxylation sites is 2. The molecule has 1 aliphatic heterocycles. The molecule has 0 saturated carbocycles. The van der Waals surface area contributed by atoms with Crippen molar-refractivity contribution in [2.45, 2.75) is 13.0 Å². The summed E-state index contributed by atoms with van der Waals surface area (Å²) in [6.45, 7) is 1.24. The Balaban J connectivity index is 1.61. The first kappa shape index (κ1) is 18.2. The molecule has 0 bridgehead atoms. The van der Waals surface area contributed by atoms with E-state index in [4.69, 9.17) is 14.2 Å². The summed E-state index contributed by atoms with van der Waals surface area (Å²) in [6.07, 6.45) is -0.811. The molecule has 0 aliphatic carbocycles. The molecule has 8 heteroatoms.